The van der Waals surface area contributed by atoms with E-state index in [-0.39, 0.29) is 0 Å². The van der Waals surface area contributed by atoms with Gasteiger partial charge in [0.25, 0.3) is 0 Å². The lowest BCUT2D eigenvalue weighted by atomic mass is 10.00. The van der Waals surface area contributed by atoms with Gasteiger partial charge >= 0.3 is 0 Å². The normalized spacial score (nSPS) is 13.3. The molecule has 0 radical (unpaired) electrons. The van der Waals surface area contributed by atoms with Crippen molar-refractivity contribution >= 4 is 0 Å². The minimum Gasteiger partial charge on any atom is -0.306 e. The van der Waals surface area contributed by atoms with Gasteiger partial charge in [-0.05, 0) is 71.4 Å². The Bertz CT molecular complexity index is 206. The zero-order valence-corrected chi connectivity index (χ0v) is 15.7. The molecule has 0 saturated carbocycles. The number of unbranched alkanes of at least 4 members (excludes halogenated alkanes) is 3. The van der Waals surface area contributed by atoms with E-state index in [0.717, 1.165) is 5.92 Å². The van der Waals surface area contributed by atoms with Crippen LogP contribution in [-0.2, 0) is 0 Å². The van der Waals surface area contributed by atoms with Crippen molar-refractivity contribution < 1.29 is 0 Å². The van der Waals surface area contributed by atoms with Crippen LogP contribution < -0.4 is 0 Å². The quantitative estimate of drug-likeness (QED) is 0.391. The number of hydrogen-bond acceptors (Lipinski definition) is 2. The Balaban J connectivity index is 3.54. The average molecular weight is 299 g/mol. The van der Waals surface area contributed by atoms with Gasteiger partial charge in [-0.1, -0.05) is 53.4 Å². The summed E-state index contributed by atoms with van der Waals surface area (Å²) in [5.74, 6) is 0.890. The second-order valence-electron chi connectivity index (χ2n) is 6.83. The lowest BCUT2D eigenvalue weighted by molar-refractivity contribution is 0.256. The van der Waals surface area contributed by atoms with Crippen molar-refractivity contribution in [3.05, 3.63) is 0 Å². The molecule has 21 heavy (non-hydrogen) atoms. The van der Waals surface area contributed by atoms with Crippen LogP contribution in [0.5, 0.6) is 0 Å². The van der Waals surface area contributed by atoms with Crippen LogP contribution in [0.1, 0.15) is 79.1 Å². The third-order valence-electron chi connectivity index (χ3n) is 4.59. The maximum absolute atomic E-state index is 2.62. The summed E-state index contributed by atoms with van der Waals surface area (Å²) in [5, 5.41) is 0. The van der Waals surface area contributed by atoms with Crippen LogP contribution in [0.2, 0.25) is 0 Å². The van der Waals surface area contributed by atoms with E-state index in [9.17, 15) is 0 Å². The average Bonchev–Trinajstić information content (AvgIpc) is 2.49. The highest BCUT2D eigenvalue weighted by Gasteiger charge is 2.07. The minimum absolute atomic E-state index is 0.890. The molecular formula is C19H42N2. The Hall–Kier alpha value is -0.0800. The third kappa shape index (κ3) is 13.3. The fourth-order valence-electron chi connectivity index (χ4n) is 2.77. The summed E-state index contributed by atoms with van der Waals surface area (Å²) in [4.78, 5) is 5.12. The molecule has 0 aromatic carbocycles. The molecule has 2 nitrogen and oxygen atoms in total. The largest absolute Gasteiger partial charge is 0.306 e. The second kappa shape index (κ2) is 14.8. The molecule has 0 heterocycles. The maximum Gasteiger partial charge on any atom is -0.00163 e. The van der Waals surface area contributed by atoms with Crippen molar-refractivity contribution in [3.8, 4) is 0 Å². The van der Waals surface area contributed by atoms with Crippen LogP contribution in [0.25, 0.3) is 0 Å². The van der Waals surface area contributed by atoms with Crippen LogP contribution in [0.3, 0.4) is 0 Å². The van der Waals surface area contributed by atoms with Crippen LogP contribution in [0.4, 0.5) is 0 Å². The van der Waals surface area contributed by atoms with E-state index in [1.54, 1.807) is 0 Å². The first-order chi connectivity index (χ1) is 10.1. The molecule has 0 aromatic rings. The molecule has 0 fully saturated rings. The molecule has 0 spiro atoms. The number of nitrogens with zero attached hydrogens (tertiary/aromatic N) is 2. The van der Waals surface area contributed by atoms with Crippen LogP contribution in [0, 0.1) is 5.92 Å². The Morgan fingerprint density at radius 1 is 0.714 bits per heavy atom. The van der Waals surface area contributed by atoms with Gasteiger partial charge in [0.05, 0.1) is 0 Å². The summed E-state index contributed by atoms with van der Waals surface area (Å²) in [6.45, 7) is 15.7. The zero-order chi connectivity index (χ0) is 15.9. The van der Waals surface area contributed by atoms with Gasteiger partial charge < -0.3 is 9.80 Å². The van der Waals surface area contributed by atoms with Crippen molar-refractivity contribution in [1.29, 1.82) is 0 Å². The Morgan fingerprint density at radius 3 is 1.95 bits per heavy atom. The lowest BCUT2D eigenvalue weighted by Gasteiger charge is -2.22. The van der Waals surface area contributed by atoms with Gasteiger partial charge in [-0.2, -0.15) is 0 Å². The smallest absolute Gasteiger partial charge is 0.00163 e. The van der Waals surface area contributed by atoms with Gasteiger partial charge in [0.15, 0.2) is 0 Å². The second-order valence-corrected chi connectivity index (χ2v) is 6.83. The Morgan fingerprint density at radius 2 is 1.33 bits per heavy atom. The number of hydrogen-bond donors (Lipinski definition) is 0. The van der Waals surface area contributed by atoms with Crippen molar-refractivity contribution in [2.75, 3.05) is 39.8 Å². The van der Waals surface area contributed by atoms with Gasteiger partial charge in [-0.3, -0.25) is 0 Å². The van der Waals surface area contributed by atoms with Crippen molar-refractivity contribution in [2.45, 2.75) is 79.1 Å². The molecule has 1 unspecified atom stereocenters. The van der Waals surface area contributed by atoms with E-state index >= 15 is 0 Å². The lowest BCUT2D eigenvalue weighted by Crippen LogP contribution is -2.26. The molecule has 0 saturated heterocycles. The molecule has 0 N–H and O–H groups in total. The van der Waals surface area contributed by atoms with E-state index in [2.05, 4.69) is 44.5 Å². The molecule has 0 aromatic heterocycles. The molecule has 1 atom stereocenters. The summed E-state index contributed by atoms with van der Waals surface area (Å²) in [6, 6.07) is 0. The van der Waals surface area contributed by atoms with E-state index < -0.39 is 0 Å². The van der Waals surface area contributed by atoms with Gasteiger partial charge in [0.1, 0.15) is 0 Å². The fraction of sp³-hybridized carbons (Fsp3) is 1.00. The summed E-state index contributed by atoms with van der Waals surface area (Å²) < 4.78 is 0. The van der Waals surface area contributed by atoms with Crippen LogP contribution in [-0.4, -0.2) is 49.6 Å². The maximum atomic E-state index is 2.62. The molecule has 0 rings (SSSR count). The van der Waals surface area contributed by atoms with Crippen LogP contribution >= 0.6 is 0 Å². The van der Waals surface area contributed by atoms with Crippen molar-refractivity contribution in [1.82, 2.24) is 9.80 Å². The van der Waals surface area contributed by atoms with Gasteiger partial charge in [0, 0.05) is 0 Å². The first-order valence-electron chi connectivity index (χ1n) is 9.54. The number of rotatable bonds is 15. The SMILES string of the molecule is CCCCN(C)CCCCC(C)CCN(CC)CCCC. The van der Waals surface area contributed by atoms with Gasteiger partial charge in [-0.15, -0.1) is 0 Å². The summed E-state index contributed by atoms with van der Waals surface area (Å²) in [5.41, 5.74) is 0. The third-order valence-corrected chi connectivity index (χ3v) is 4.59. The molecule has 128 valence electrons. The first kappa shape index (κ1) is 20.9. The summed E-state index contributed by atoms with van der Waals surface area (Å²) >= 11 is 0. The molecule has 0 aliphatic rings. The Kier molecular flexibility index (Phi) is 14.8. The predicted molar refractivity (Wildman–Crippen MR) is 97.1 cm³/mol. The predicted octanol–water partition coefficient (Wildman–Crippen LogP) is 5.04. The molecule has 2 heteroatoms. The van der Waals surface area contributed by atoms with Crippen molar-refractivity contribution in [3.63, 3.8) is 0 Å². The highest BCUT2D eigenvalue weighted by atomic mass is 15.1. The first-order valence-corrected chi connectivity index (χ1v) is 9.54. The standard InChI is InChI=1S/C19H42N2/c1-6-9-15-20(5)16-12-11-13-19(4)14-18-21(8-3)17-10-7-2/h19H,6-18H2,1-5H3. The van der Waals surface area contributed by atoms with Gasteiger partial charge in [-0.25, -0.2) is 0 Å². The topological polar surface area (TPSA) is 6.48 Å². The highest BCUT2D eigenvalue weighted by Crippen LogP contribution is 2.13. The molecular weight excluding hydrogens is 256 g/mol. The Labute approximate surface area is 135 Å². The van der Waals surface area contributed by atoms with E-state index in [0.29, 0.717) is 0 Å². The zero-order valence-electron chi connectivity index (χ0n) is 15.7. The van der Waals surface area contributed by atoms with Gasteiger partial charge in [0.2, 0.25) is 0 Å². The minimum atomic E-state index is 0.890. The van der Waals surface area contributed by atoms with Crippen LogP contribution in [0.15, 0.2) is 0 Å². The molecule has 0 bridgehead atoms. The fourth-order valence-corrected chi connectivity index (χ4v) is 2.77. The summed E-state index contributed by atoms with van der Waals surface area (Å²) in [6.07, 6.45) is 10.9. The molecule has 0 aliphatic carbocycles. The van der Waals surface area contributed by atoms with E-state index in [4.69, 9.17) is 0 Å². The highest BCUT2D eigenvalue weighted by molar-refractivity contribution is 4.61. The molecule has 0 amide bonds. The summed E-state index contributed by atoms with van der Waals surface area (Å²) in [7, 11) is 2.27. The van der Waals surface area contributed by atoms with E-state index in [1.165, 1.54) is 84.1 Å². The van der Waals surface area contributed by atoms with Crippen molar-refractivity contribution in [2.24, 2.45) is 5.92 Å². The van der Waals surface area contributed by atoms with E-state index in [1.807, 2.05) is 0 Å². The monoisotopic (exact) mass is 298 g/mol. The molecule has 0 aliphatic heterocycles.